The summed E-state index contributed by atoms with van der Waals surface area (Å²) < 4.78 is 15.1. The Morgan fingerprint density at radius 2 is 0.965 bits per heavy atom. The van der Waals surface area contributed by atoms with Crippen molar-refractivity contribution in [3.63, 3.8) is 0 Å². The van der Waals surface area contributed by atoms with Crippen LogP contribution in [0.4, 0.5) is 9.59 Å². The predicted molar refractivity (Wildman–Crippen MR) is 224 cm³/mol. The molecule has 1 N–H and O–H groups in total. The van der Waals surface area contributed by atoms with E-state index >= 15 is 0 Å². The first-order valence-electron chi connectivity index (χ1n) is 17.7. The van der Waals surface area contributed by atoms with Gasteiger partial charge in [-0.05, 0) is 83.6 Å². The quantitative estimate of drug-likeness (QED) is 0.113. The van der Waals surface area contributed by atoms with Gasteiger partial charge in [-0.2, -0.15) is 0 Å². The zero-order valence-corrected chi connectivity index (χ0v) is 35.9. The summed E-state index contributed by atoms with van der Waals surface area (Å²) in [6.45, 7) is 8.48. The van der Waals surface area contributed by atoms with Crippen LogP contribution in [0.15, 0.2) is 105 Å². The van der Waals surface area contributed by atoms with Crippen LogP contribution < -0.4 is 5.32 Å². The fourth-order valence-corrected chi connectivity index (χ4v) is 9.51. The topological polar surface area (TPSA) is 126 Å². The first-order chi connectivity index (χ1) is 27.3. The van der Waals surface area contributed by atoms with Gasteiger partial charge in [0, 0.05) is 54.7 Å². The van der Waals surface area contributed by atoms with E-state index in [-0.39, 0.29) is 25.0 Å². The second kappa shape index (κ2) is 19.5. The molecule has 57 heavy (non-hydrogen) atoms. The number of aromatic nitrogens is 6. The Hall–Kier alpha value is -4.24. The summed E-state index contributed by atoms with van der Waals surface area (Å²) in [4.78, 5) is 45.8. The number of hydrogen-bond donors (Lipinski definition) is 1. The average molecular weight is 886 g/mol. The molecule has 0 saturated heterocycles. The molecule has 6 aromatic rings. The van der Waals surface area contributed by atoms with E-state index < -0.39 is 12.2 Å². The van der Waals surface area contributed by atoms with Gasteiger partial charge in [-0.15, -0.1) is 0 Å². The van der Waals surface area contributed by atoms with Crippen molar-refractivity contribution in [2.24, 2.45) is 0 Å². The zero-order valence-electron chi connectivity index (χ0n) is 31.2. The van der Waals surface area contributed by atoms with Crippen molar-refractivity contribution in [2.45, 2.75) is 85.7 Å². The van der Waals surface area contributed by atoms with E-state index in [1.54, 1.807) is 36.9 Å². The van der Waals surface area contributed by atoms with Gasteiger partial charge in [-0.25, -0.2) is 24.9 Å². The molecule has 296 valence electrons. The summed E-state index contributed by atoms with van der Waals surface area (Å²) >= 11 is 28.2. The molecular formula is C40H37Cl4N7O4S2. The second-order valence-corrected chi connectivity index (χ2v) is 17.2. The van der Waals surface area contributed by atoms with E-state index in [1.165, 1.54) is 23.5 Å². The smallest absolute Gasteiger partial charge is 0.417 e. The Morgan fingerprint density at radius 3 is 1.30 bits per heavy atom. The monoisotopic (exact) mass is 883 g/mol. The highest BCUT2D eigenvalue weighted by atomic mass is 35.5. The van der Waals surface area contributed by atoms with Crippen LogP contribution in [-0.2, 0) is 35.8 Å². The number of carbonyl (C=O) groups is 2. The Balaban J connectivity index is 1.19. The van der Waals surface area contributed by atoms with E-state index in [2.05, 4.69) is 15.3 Å². The molecule has 0 saturated carbocycles. The minimum atomic E-state index is -1.00. The van der Waals surface area contributed by atoms with Crippen molar-refractivity contribution in [2.75, 3.05) is 0 Å². The summed E-state index contributed by atoms with van der Waals surface area (Å²) in [5.41, 5.74) is 3.50. The Morgan fingerprint density at radius 1 is 0.614 bits per heavy atom. The van der Waals surface area contributed by atoms with Gasteiger partial charge in [-0.1, -0.05) is 97.6 Å². The van der Waals surface area contributed by atoms with Crippen LogP contribution in [0.5, 0.6) is 0 Å². The fourth-order valence-electron chi connectivity index (χ4n) is 5.67. The highest BCUT2D eigenvalue weighted by molar-refractivity contribution is 7.99. The lowest BCUT2D eigenvalue weighted by Gasteiger charge is -2.14. The van der Waals surface area contributed by atoms with Gasteiger partial charge in [0.15, 0.2) is 13.2 Å². The van der Waals surface area contributed by atoms with Crippen molar-refractivity contribution >= 4 is 82.1 Å². The molecule has 2 amide bonds. The molecule has 4 aromatic heterocycles. The minimum Gasteiger partial charge on any atom is -0.441 e. The summed E-state index contributed by atoms with van der Waals surface area (Å²) in [6, 6.07) is 18.2. The van der Waals surface area contributed by atoms with Crippen LogP contribution in [0.25, 0.3) is 0 Å². The SMILES string of the molecule is CC(C)c1nc(COC(=O)NC(=O)OCc2nc(C(C)C)c(Sc3cc(Cl)cc(Cl)c3)n2Cc2ccncc2)n(Cc2ccncc2)c1Sc1cc(Cl)cc(Cl)c1. The first-order valence-corrected chi connectivity index (χ1v) is 20.8. The molecule has 0 aliphatic carbocycles. The summed E-state index contributed by atoms with van der Waals surface area (Å²) in [6.07, 6.45) is 4.82. The zero-order chi connectivity index (χ0) is 40.6. The van der Waals surface area contributed by atoms with Crippen molar-refractivity contribution in [3.05, 3.63) is 140 Å². The number of rotatable bonds is 14. The average Bonchev–Trinajstić information content (AvgIpc) is 3.66. The molecule has 17 heteroatoms. The molecule has 0 spiro atoms. The number of halogens is 4. The number of hydrogen-bond acceptors (Lipinski definition) is 10. The maximum Gasteiger partial charge on any atom is 0.417 e. The number of imide groups is 1. The van der Waals surface area contributed by atoms with Crippen LogP contribution in [-0.4, -0.2) is 41.3 Å². The number of pyridine rings is 2. The highest BCUT2D eigenvalue weighted by Crippen LogP contribution is 2.39. The van der Waals surface area contributed by atoms with Gasteiger partial charge in [-0.3, -0.25) is 9.97 Å². The van der Waals surface area contributed by atoms with Crippen molar-refractivity contribution in [3.8, 4) is 0 Å². The molecule has 0 radical (unpaired) electrons. The van der Waals surface area contributed by atoms with Crippen LogP contribution in [0.1, 0.15) is 73.7 Å². The number of alkyl carbamates (subject to hydrolysis) is 2. The third kappa shape index (κ3) is 11.5. The number of nitrogens with zero attached hydrogens (tertiary/aromatic N) is 6. The van der Waals surface area contributed by atoms with Crippen molar-refractivity contribution < 1.29 is 19.1 Å². The third-order valence-corrected chi connectivity index (χ3v) is 11.4. The molecule has 2 aromatic carbocycles. The Kier molecular flexibility index (Phi) is 14.5. The summed E-state index contributed by atoms with van der Waals surface area (Å²) in [5.74, 6) is 0.987. The van der Waals surface area contributed by atoms with E-state index in [9.17, 15) is 9.59 Å². The van der Waals surface area contributed by atoms with Gasteiger partial charge >= 0.3 is 12.2 Å². The van der Waals surface area contributed by atoms with Gasteiger partial charge in [0.2, 0.25) is 0 Å². The van der Waals surface area contributed by atoms with E-state index in [4.69, 9.17) is 65.8 Å². The summed E-state index contributed by atoms with van der Waals surface area (Å²) in [7, 11) is 0. The normalized spacial score (nSPS) is 11.3. The summed E-state index contributed by atoms with van der Waals surface area (Å²) in [5, 5.41) is 5.85. The van der Waals surface area contributed by atoms with Gasteiger partial charge in [0.25, 0.3) is 0 Å². The molecule has 11 nitrogen and oxygen atoms in total. The van der Waals surface area contributed by atoms with Crippen LogP contribution in [0, 0.1) is 0 Å². The molecule has 0 atom stereocenters. The molecule has 0 bridgehead atoms. The predicted octanol–water partition coefficient (Wildman–Crippen LogP) is 11.7. The van der Waals surface area contributed by atoms with Crippen LogP contribution in [0.2, 0.25) is 20.1 Å². The number of carbonyl (C=O) groups excluding carboxylic acids is 2. The second-order valence-electron chi connectivity index (χ2n) is 13.3. The number of nitrogens with one attached hydrogen (secondary N) is 1. The van der Waals surface area contributed by atoms with Crippen molar-refractivity contribution in [1.29, 1.82) is 0 Å². The molecule has 0 aliphatic heterocycles. The molecule has 4 heterocycles. The van der Waals surface area contributed by atoms with Gasteiger partial charge in [0.05, 0.1) is 24.5 Å². The third-order valence-electron chi connectivity index (χ3n) is 8.29. The lowest BCUT2D eigenvalue weighted by atomic mass is 10.1. The largest absolute Gasteiger partial charge is 0.441 e. The first kappa shape index (κ1) is 42.4. The van der Waals surface area contributed by atoms with Crippen molar-refractivity contribution in [1.82, 2.24) is 34.4 Å². The lowest BCUT2D eigenvalue weighted by molar-refractivity contribution is 0.113. The maximum atomic E-state index is 13.0. The highest BCUT2D eigenvalue weighted by Gasteiger charge is 2.25. The van der Waals surface area contributed by atoms with E-state index in [1.807, 2.05) is 85.4 Å². The standard InChI is InChI=1S/C40H37Cl4N7O4S2/c1-23(2)35-37(56-31-15-27(41)13-28(42)16-31)50(19-25-5-9-45-10-6-25)33(47-35)21-54-39(52)49-40(53)55-22-34-48-36(24(3)4)38(51(34)20-26-7-11-46-12-8-26)57-32-17-29(43)14-30(44)18-32/h5-18,23-24H,19-22H2,1-4H3,(H,49,52,53). The maximum absolute atomic E-state index is 13.0. The number of imidazole rings is 2. The van der Waals surface area contributed by atoms with Gasteiger partial charge in [0.1, 0.15) is 21.7 Å². The van der Waals surface area contributed by atoms with E-state index in [0.29, 0.717) is 44.8 Å². The van der Waals surface area contributed by atoms with E-state index in [0.717, 1.165) is 42.4 Å². The molecule has 0 unspecified atom stereocenters. The lowest BCUT2D eigenvalue weighted by Crippen LogP contribution is -2.32. The molecule has 0 aliphatic rings. The molecule has 6 rings (SSSR count). The Bertz CT molecular complexity index is 2160. The van der Waals surface area contributed by atoms with Crippen LogP contribution >= 0.6 is 69.9 Å². The number of ether oxygens (including phenoxy) is 2. The number of amides is 2. The number of benzene rings is 2. The Labute approximate surface area is 358 Å². The van der Waals surface area contributed by atoms with Crippen LogP contribution in [0.3, 0.4) is 0 Å². The molecular weight excluding hydrogens is 848 g/mol. The fraction of sp³-hybridized carbons (Fsp3) is 0.250. The minimum absolute atomic E-state index is 0.0212. The van der Waals surface area contributed by atoms with Gasteiger partial charge < -0.3 is 18.6 Å². The molecule has 0 fully saturated rings.